The zero-order chi connectivity index (χ0) is 25.5. The van der Waals surface area contributed by atoms with Gasteiger partial charge < -0.3 is 10.2 Å². The number of hydrogen-bond donors (Lipinski definition) is 2. The van der Waals surface area contributed by atoms with Crippen LogP contribution in [0.25, 0.3) is 0 Å². The first kappa shape index (κ1) is 44.8. The predicted octanol–water partition coefficient (Wildman–Crippen LogP) is 8.49. The van der Waals surface area contributed by atoms with E-state index in [0.717, 1.165) is 25.7 Å². The molecule has 0 amide bonds. The van der Waals surface area contributed by atoms with Crippen LogP contribution in [0.15, 0.2) is 0 Å². The van der Waals surface area contributed by atoms with Gasteiger partial charge in [0.05, 0.1) is 0 Å². The van der Waals surface area contributed by atoms with Crippen molar-refractivity contribution in [2.24, 2.45) is 0 Å². The molecule has 0 bridgehead atoms. The summed E-state index contributed by atoms with van der Waals surface area (Å²) in [5.74, 6) is -1.31. The van der Waals surface area contributed by atoms with E-state index in [1.807, 2.05) is 0 Å². The van der Waals surface area contributed by atoms with E-state index < -0.39 is 11.9 Å². The van der Waals surface area contributed by atoms with Gasteiger partial charge >= 0.3 is 98.6 Å². The molecule has 4 nitrogen and oxygen atoms in total. The molecule has 0 rings (SSSR count). The fourth-order valence-electron chi connectivity index (χ4n) is 4.23. The molecule has 0 aromatic heterocycles. The van der Waals surface area contributed by atoms with Crippen molar-refractivity contribution in [1.29, 1.82) is 0 Å². The van der Waals surface area contributed by atoms with Gasteiger partial charge in [-0.25, -0.2) is 0 Å². The number of carboxylic acids is 2. The molecule has 0 radical (unpaired) electrons. The molecule has 2 N–H and O–H groups in total. The van der Waals surface area contributed by atoms with E-state index in [1.54, 1.807) is 0 Å². The van der Waals surface area contributed by atoms with E-state index in [4.69, 9.17) is 10.2 Å². The summed E-state index contributed by atoms with van der Waals surface area (Å²) in [7, 11) is 0. The molecule has 0 atom stereocenters. The van der Waals surface area contributed by atoms with Crippen molar-refractivity contribution in [3.8, 4) is 0 Å². The van der Waals surface area contributed by atoms with Crippen LogP contribution in [0, 0.1) is 0 Å². The average molecular weight is 666 g/mol. The molecule has 0 aliphatic heterocycles. The first-order valence-electron chi connectivity index (χ1n) is 15.0. The van der Waals surface area contributed by atoms with Crippen LogP contribution in [0.3, 0.4) is 0 Å². The third-order valence-electron chi connectivity index (χ3n) is 6.49. The maximum atomic E-state index is 10.3. The van der Waals surface area contributed by atoms with Crippen molar-refractivity contribution in [2.75, 3.05) is 0 Å². The normalized spacial score (nSPS) is 10.1. The van der Waals surface area contributed by atoms with Crippen LogP contribution in [0.2, 0.25) is 0 Å². The zero-order valence-electron chi connectivity index (χ0n) is 23.1. The van der Waals surface area contributed by atoms with Gasteiger partial charge in [-0.05, 0) is 12.8 Å². The Balaban J connectivity index is -0.000000285. The van der Waals surface area contributed by atoms with Gasteiger partial charge in [-0.3, -0.25) is 9.59 Å². The summed E-state index contributed by atoms with van der Waals surface area (Å²) in [6, 6.07) is 0. The van der Waals surface area contributed by atoms with Crippen LogP contribution in [-0.4, -0.2) is 109 Å². The summed E-state index contributed by atoms with van der Waals surface area (Å²) in [5.41, 5.74) is 0. The average Bonchev–Trinajstić information content (AvgIpc) is 2.80. The molecule has 0 saturated heterocycles. The SMILES string of the molecule is CCCCCCCCCCCC(=O)O.CCCCCCCCCCCCCCCCCC(=O)O.[BaH2].[CaH2]. The van der Waals surface area contributed by atoms with E-state index in [2.05, 4.69) is 13.8 Å². The summed E-state index contributed by atoms with van der Waals surface area (Å²) in [6.45, 7) is 4.50. The molecule has 0 heterocycles. The van der Waals surface area contributed by atoms with Crippen LogP contribution < -0.4 is 0 Å². The van der Waals surface area contributed by atoms with Crippen molar-refractivity contribution in [3.05, 3.63) is 0 Å². The molecule has 0 aliphatic rings. The molecule has 0 fully saturated rings. The number of hydrogen-bond acceptors (Lipinski definition) is 2. The number of aliphatic carboxylic acids is 2. The number of unbranched alkanes of at least 4 members (excludes halogenated alkanes) is 22. The fraction of sp³-hybridized carbons (Fsp3) is 0.933. The van der Waals surface area contributed by atoms with Gasteiger partial charge in [0, 0.05) is 12.8 Å². The van der Waals surface area contributed by atoms with Gasteiger partial charge in [0.25, 0.3) is 0 Å². The molecule has 6 heteroatoms. The second-order valence-corrected chi connectivity index (χ2v) is 10.1. The van der Waals surface area contributed by atoms with Crippen molar-refractivity contribution in [2.45, 2.75) is 181 Å². The molecule has 212 valence electrons. The van der Waals surface area contributed by atoms with Crippen molar-refractivity contribution in [3.63, 3.8) is 0 Å². The predicted molar refractivity (Wildman–Crippen MR) is 164 cm³/mol. The van der Waals surface area contributed by atoms with Gasteiger partial charge in [-0.1, -0.05) is 155 Å². The zero-order valence-corrected chi connectivity index (χ0v) is 23.1. The molecular formula is C30H64BaCaO4. The minimum atomic E-state index is -0.659. The molecule has 0 unspecified atom stereocenters. The first-order chi connectivity index (χ1) is 16.5. The topological polar surface area (TPSA) is 74.6 Å². The second-order valence-electron chi connectivity index (χ2n) is 10.1. The quantitative estimate of drug-likeness (QED) is 0.0718. The molecule has 0 spiro atoms. The third-order valence-corrected chi connectivity index (χ3v) is 6.49. The Morgan fingerprint density at radius 1 is 0.389 bits per heavy atom. The van der Waals surface area contributed by atoms with Gasteiger partial charge in [-0.15, -0.1) is 0 Å². The van der Waals surface area contributed by atoms with Gasteiger partial charge in [0.1, 0.15) is 0 Å². The van der Waals surface area contributed by atoms with Crippen molar-refractivity contribution in [1.82, 2.24) is 0 Å². The summed E-state index contributed by atoms with van der Waals surface area (Å²) in [5, 5.41) is 16.9. The molecule has 0 aromatic carbocycles. The summed E-state index contributed by atoms with van der Waals surface area (Å²) < 4.78 is 0. The Kier molecular flexibility index (Phi) is 51.3. The fourth-order valence-corrected chi connectivity index (χ4v) is 4.23. The van der Waals surface area contributed by atoms with Crippen LogP contribution in [0.4, 0.5) is 0 Å². The summed E-state index contributed by atoms with van der Waals surface area (Å²) in [4.78, 5) is 20.5. The van der Waals surface area contributed by atoms with E-state index in [0.29, 0.717) is 12.8 Å². The van der Waals surface area contributed by atoms with Crippen molar-refractivity contribution >= 4 is 98.6 Å². The standard InChI is InChI=1S/C18H36O2.C12H24O2.Ba.Ca.4H/c1-2-3-4-5-6-7-8-9-10-11-12-13-14-15-16-17-18(19)20;1-2-3-4-5-6-7-8-9-10-11-12(13)14;;;;;;/h2-17H2,1H3,(H,19,20);2-11H2,1H3,(H,13,14);;;;;;. The molecule has 0 aromatic rings. The van der Waals surface area contributed by atoms with E-state index >= 15 is 0 Å². The van der Waals surface area contributed by atoms with Gasteiger partial charge in [-0.2, -0.15) is 0 Å². The monoisotopic (exact) mass is 666 g/mol. The van der Waals surface area contributed by atoms with E-state index in [-0.39, 0.29) is 86.6 Å². The summed E-state index contributed by atoms with van der Waals surface area (Å²) in [6.07, 6.45) is 31.7. The van der Waals surface area contributed by atoms with Gasteiger partial charge in [0.15, 0.2) is 0 Å². The maximum absolute atomic E-state index is 10.3. The second kappa shape index (κ2) is 41.3. The van der Waals surface area contributed by atoms with Crippen LogP contribution in [0.5, 0.6) is 0 Å². The Bertz CT molecular complexity index is 422. The number of carboxylic acid groups (broad SMARTS) is 2. The molecule has 0 saturated carbocycles. The van der Waals surface area contributed by atoms with E-state index in [9.17, 15) is 9.59 Å². The van der Waals surface area contributed by atoms with Crippen LogP contribution in [0.1, 0.15) is 181 Å². The minimum absolute atomic E-state index is 0. The third kappa shape index (κ3) is 48.8. The Morgan fingerprint density at radius 3 is 0.722 bits per heavy atom. The Labute approximate surface area is 295 Å². The molecule has 0 aliphatic carbocycles. The Hall–Kier alpha value is 1.77. The van der Waals surface area contributed by atoms with Gasteiger partial charge in [0.2, 0.25) is 0 Å². The van der Waals surface area contributed by atoms with Crippen LogP contribution >= 0.6 is 0 Å². The number of rotatable bonds is 26. The Morgan fingerprint density at radius 2 is 0.556 bits per heavy atom. The molecule has 36 heavy (non-hydrogen) atoms. The first-order valence-corrected chi connectivity index (χ1v) is 15.0. The molecular weight excluding hydrogens is 602 g/mol. The summed E-state index contributed by atoms with van der Waals surface area (Å²) >= 11 is 0. The van der Waals surface area contributed by atoms with Crippen LogP contribution in [-0.2, 0) is 9.59 Å². The van der Waals surface area contributed by atoms with E-state index in [1.165, 1.54) is 128 Å². The number of carbonyl (C=O) groups is 2. The van der Waals surface area contributed by atoms with Crippen molar-refractivity contribution < 1.29 is 19.8 Å².